The lowest BCUT2D eigenvalue weighted by Crippen LogP contribution is -2.43. The topological polar surface area (TPSA) is 82.8 Å². The summed E-state index contributed by atoms with van der Waals surface area (Å²) in [6.07, 6.45) is 9.97. The fourth-order valence-electron chi connectivity index (χ4n) is 2.73. The van der Waals surface area contributed by atoms with Crippen LogP contribution in [0.15, 0.2) is 16.9 Å². The van der Waals surface area contributed by atoms with Crippen molar-refractivity contribution in [1.82, 2.24) is 19.7 Å². The summed E-state index contributed by atoms with van der Waals surface area (Å²) in [5, 5.41) is 3.99. The van der Waals surface area contributed by atoms with Crippen molar-refractivity contribution in [2.24, 2.45) is 12.8 Å². The van der Waals surface area contributed by atoms with Crippen molar-refractivity contribution in [2.75, 3.05) is 0 Å². The predicted octanol–water partition coefficient (Wildman–Crippen LogP) is 1.67. The molecule has 0 amide bonds. The van der Waals surface area contributed by atoms with Gasteiger partial charge in [0.05, 0.1) is 0 Å². The first-order valence-corrected chi connectivity index (χ1v) is 6.75. The molecule has 3 rings (SSSR count). The third kappa shape index (κ3) is 2.53. The van der Waals surface area contributed by atoms with Crippen molar-refractivity contribution in [3.8, 4) is 11.6 Å². The van der Waals surface area contributed by atoms with Crippen molar-refractivity contribution in [2.45, 2.75) is 44.1 Å². The molecular formula is C13H19N5O. The number of aryl methyl sites for hydroxylation is 1. The normalized spacial score (nSPS) is 18.6. The van der Waals surface area contributed by atoms with E-state index in [2.05, 4.69) is 15.1 Å². The Morgan fingerprint density at radius 3 is 2.84 bits per heavy atom. The zero-order chi connectivity index (χ0) is 13.3. The van der Waals surface area contributed by atoms with Crippen LogP contribution in [0.25, 0.3) is 11.6 Å². The molecular weight excluding hydrogens is 242 g/mol. The highest BCUT2D eigenvalue weighted by atomic mass is 16.5. The molecule has 0 aromatic carbocycles. The van der Waals surface area contributed by atoms with Gasteiger partial charge in [-0.15, -0.1) is 0 Å². The van der Waals surface area contributed by atoms with E-state index in [-0.39, 0.29) is 5.54 Å². The predicted molar refractivity (Wildman–Crippen MR) is 70.2 cm³/mol. The van der Waals surface area contributed by atoms with Crippen LogP contribution >= 0.6 is 0 Å². The molecule has 0 radical (unpaired) electrons. The average molecular weight is 261 g/mol. The molecule has 2 aromatic rings. The lowest BCUT2D eigenvalue weighted by Gasteiger charge is -2.31. The zero-order valence-electron chi connectivity index (χ0n) is 11.2. The summed E-state index contributed by atoms with van der Waals surface area (Å²) < 4.78 is 7.19. The first-order valence-electron chi connectivity index (χ1n) is 6.75. The molecule has 1 saturated carbocycles. The minimum atomic E-state index is -0.177. The molecule has 0 atom stereocenters. The van der Waals surface area contributed by atoms with Gasteiger partial charge in [0.1, 0.15) is 0 Å². The third-order valence-electron chi connectivity index (χ3n) is 3.84. The van der Waals surface area contributed by atoms with E-state index in [9.17, 15) is 0 Å². The van der Waals surface area contributed by atoms with Crippen LogP contribution in [0.3, 0.4) is 0 Å². The molecule has 0 aliphatic heterocycles. The molecule has 6 nitrogen and oxygen atoms in total. The fourth-order valence-corrected chi connectivity index (χ4v) is 2.73. The summed E-state index contributed by atoms with van der Waals surface area (Å²) in [6.45, 7) is 0. The maximum Gasteiger partial charge on any atom is 0.238 e. The molecule has 1 aliphatic carbocycles. The summed E-state index contributed by atoms with van der Waals surface area (Å²) in [7, 11) is 1.91. The summed E-state index contributed by atoms with van der Waals surface area (Å²) >= 11 is 0. The summed E-state index contributed by atoms with van der Waals surface area (Å²) in [4.78, 5) is 8.62. The van der Waals surface area contributed by atoms with Crippen molar-refractivity contribution < 1.29 is 4.52 Å². The molecule has 6 heteroatoms. The number of nitrogens with zero attached hydrogens (tertiary/aromatic N) is 4. The largest absolute Gasteiger partial charge is 0.339 e. The lowest BCUT2D eigenvalue weighted by molar-refractivity contribution is 0.261. The molecule has 2 aromatic heterocycles. The smallest absolute Gasteiger partial charge is 0.238 e. The van der Waals surface area contributed by atoms with Crippen molar-refractivity contribution in [3.63, 3.8) is 0 Å². The number of hydrogen-bond acceptors (Lipinski definition) is 5. The van der Waals surface area contributed by atoms with Gasteiger partial charge in [-0.25, -0.2) is 4.98 Å². The van der Waals surface area contributed by atoms with Gasteiger partial charge in [-0.2, -0.15) is 4.98 Å². The Morgan fingerprint density at radius 2 is 2.16 bits per heavy atom. The van der Waals surface area contributed by atoms with Crippen molar-refractivity contribution in [1.29, 1.82) is 0 Å². The van der Waals surface area contributed by atoms with Crippen LogP contribution in [0.1, 0.15) is 38.0 Å². The van der Waals surface area contributed by atoms with Crippen molar-refractivity contribution >= 4 is 0 Å². The minimum absolute atomic E-state index is 0.177. The van der Waals surface area contributed by atoms with Gasteiger partial charge in [-0.05, 0) is 12.8 Å². The van der Waals surface area contributed by atoms with Gasteiger partial charge in [0.15, 0.2) is 5.82 Å². The SMILES string of the molecule is Cn1ccnc1-c1noc(CC2(N)CCCCC2)n1. The third-order valence-corrected chi connectivity index (χ3v) is 3.84. The summed E-state index contributed by atoms with van der Waals surface area (Å²) in [5.74, 6) is 1.86. The Labute approximate surface area is 112 Å². The number of rotatable bonds is 3. The standard InChI is InChI=1S/C13H19N5O/c1-18-8-7-15-12(18)11-16-10(19-17-11)9-13(14)5-3-2-4-6-13/h7-8H,2-6,9,14H2,1H3. The van der Waals surface area contributed by atoms with E-state index in [1.807, 2.05) is 17.8 Å². The van der Waals surface area contributed by atoms with Crippen LogP contribution in [0.2, 0.25) is 0 Å². The summed E-state index contributed by atoms with van der Waals surface area (Å²) in [5.41, 5.74) is 6.22. The van der Waals surface area contributed by atoms with E-state index >= 15 is 0 Å². The molecule has 0 unspecified atom stereocenters. The number of imidazole rings is 1. The monoisotopic (exact) mass is 261 g/mol. The van der Waals surface area contributed by atoms with Crippen LogP contribution in [0, 0.1) is 0 Å². The second-order valence-electron chi connectivity index (χ2n) is 5.47. The number of hydrogen-bond donors (Lipinski definition) is 1. The molecule has 19 heavy (non-hydrogen) atoms. The van der Waals surface area contributed by atoms with Crippen LogP contribution in [-0.4, -0.2) is 25.2 Å². The van der Waals surface area contributed by atoms with E-state index in [1.165, 1.54) is 19.3 Å². The van der Waals surface area contributed by atoms with Gasteiger partial charge in [0, 0.05) is 31.4 Å². The Hall–Kier alpha value is -1.69. The Kier molecular flexibility index (Phi) is 3.10. The molecule has 2 heterocycles. The van der Waals surface area contributed by atoms with E-state index < -0.39 is 0 Å². The van der Waals surface area contributed by atoms with Gasteiger partial charge in [-0.1, -0.05) is 24.4 Å². The van der Waals surface area contributed by atoms with E-state index in [4.69, 9.17) is 10.3 Å². The van der Waals surface area contributed by atoms with Crippen LogP contribution in [0.4, 0.5) is 0 Å². The Balaban J connectivity index is 1.76. The fraction of sp³-hybridized carbons (Fsp3) is 0.615. The van der Waals surface area contributed by atoms with E-state index in [0.29, 0.717) is 24.0 Å². The minimum Gasteiger partial charge on any atom is -0.339 e. The van der Waals surface area contributed by atoms with Gasteiger partial charge < -0.3 is 14.8 Å². The van der Waals surface area contributed by atoms with Gasteiger partial charge >= 0.3 is 0 Å². The first kappa shape index (κ1) is 12.3. The molecule has 0 spiro atoms. The second-order valence-corrected chi connectivity index (χ2v) is 5.47. The highest BCUT2D eigenvalue weighted by Crippen LogP contribution is 2.29. The quantitative estimate of drug-likeness (QED) is 0.908. The maximum atomic E-state index is 6.40. The maximum absolute atomic E-state index is 6.40. The highest BCUT2D eigenvalue weighted by Gasteiger charge is 2.30. The second kappa shape index (κ2) is 4.77. The Morgan fingerprint density at radius 1 is 1.37 bits per heavy atom. The van der Waals surface area contributed by atoms with Crippen LogP contribution in [0.5, 0.6) is 0 Å². The highest BCUT2D eigenvalue weighted by molar-refractivity contribution is 5.42. The molecule has 102 valence electrons. The first-order chi connectivity index (χ1) is 9.16. The molecule has 0 bridgehead atoms. The summed E-state index contributed by atoms with van der Waals surface area (Å²) in [6, 6.07) is 0. The number of nitrogens with two attached hydrogens (primary N) is 1. The van der Waals surface area contributed by atoms with Crippen LogP contribution in [-0.2, 0) is 13.5 Å². The van der Waals surface area contributed by atoms with E-state index in [1.54, 1.807) is 6.20 Å². The van der Waals surface area contributed by atoms with Crippen LogP contribution < -0.4 is 5.73 Å². The molecule has 2 N–H and O–H groups in total. The van der Waals surface area contributed by atoms with Crippen molar-refractivity contribution in [3.05, 3.63) is 18.3 Å². The van der Waals surface area contributed by atoms with Gasteiger partial charge in [0.2, 0.25) is 11.7 Å². The Bertz CT molecular complexity index is 553. The number of aromatic nitrogens is 4. The molecule has 1 aliphatic rings. The van der Waals surface area contributed by atoms with Gasteiger partial charge in [-0.3, -0.25) is 0 Å². The van der Waals surface area contributed by atoms with E-state index in [0.717, 1.165) is 12.8 Å². The average Bonchev–Trinajstić information content (AvgIpc) is 2.98. The molecule has 0 saturated heterocycles. The zero-order valence-corrected chi connectivity index (χ0v) is 11.2. The molecule has 1 fully saturated rings. The van der Waals surface area contributed by atoms with Gasteiger partial charge in [0.25, 0.3) is 0 Å². The lowest BCUT2D eigenvalue weighted by atomic mass is 9.80.